The van der Waals surface area contributed by atoms with Gasteiger partial charge in [0.2, 0.25) is 6.29 Å². The molecule has 2 atom stereocenters. The van der Waals surface area contributed by atoms with Crippen LogP contribution in [-0.2, 0) is 9.47 Å². The van der Waals surface area contributed by atoms with Crippen molar-refractivity contribution in [2.75, 3.05) is 6.61 Å². The molecule has 2 heterocycles. The second-order valence-electron chi connectivity index (χ2n) is 4.41. The summed E-state index contributed by atoms with van der Waals surface area (Å²) in [4.78, 5) is 12.4. The first-order valence-corrected chi connectivity index (χ1v) is 6.96. The summed E-state index contributed by atoms with van der Waals surface area (Å²) in [5.41, 5.74) is 1.12. The number of ketones is 1. The first-order chi connectivity index (χ1) is 9.19. The van der Waals surface area contributed by atoms with Gasteiger partial charge in [0.25, 0.3) is 0 Å². The molecule has 100 valence electrons. The highest BCUT2D eigenvalue weighted by Gasteiger charge is 2.37. The summed E-state index contributed by atoms with van der Waals surface area (Å²) in [6.07, 6.45) is 1.37. The van der Waals surface area contributed by atoms with E-state index < -0.39 is 0 Å². The molecule has 0 aromatic heterocycles. The molecule has 1 aromatic rings. The van der Waals surface area contributed by atoms with Gasteiger partial charge in [-0.05, 0) is 25.1 Å². The standard InChI is InChI=1S/C14H13BrO4/c1-2-17-13-6-12-10(7-18-13)14(16)9-5-8(15)3-4-11(9)19-12/h3-5,7,12-13H,2,6H2,1H3/t12-,13-/m1/s1. The van der Waals surface area contributed by atoms with Crippen LogP contribution in [0.2, 0.25) is 0 Å². The lowest BCUT2D eigenvalue weighted by Crippen LogP contribution is -2.38. The van der Waals surface area contributed by atoms with Crippen molar-refractivity contribution in [1.82, 2.24) is 0 Å². The lowest BCUT2D eigenvalue weighted by atomic mass is 9.93. The Hall–Kier alpha value is -1.33. The highest BCUT2D eigenvalue weighted by molar-refractivity contribution is 9.10. The molecule has 4 nitrogen and oxygen atoms in total. The Balaban J connectivity index is 1.93. The molecule has 0 spiro atoms. The van der Waals surface area contributed by atoms with Crippen LogP contribution in [0.4, 0.5) is 0 Å². The van der Waals surface area contributed by atoms with Crippen molar-refractivity contribution in [3.63, 3.8) is 0 Å². The normalized spacial score (nSPS) is 24.7. The fourth-order valence-corrected chi connectivity index (χ4v) is 2.64. The molecule has 0 fully saturated rings. The largest absolute Gasteiger partial charge is 0.484 e. The third-order valence-electron chi connectivity index (χ3n) is 3.17. The number of carbonyl (C=O) groups is 1. The van der Waals surface area contributed by atoms with Gasteiger partial charge in [-0.15, -0.1) is 0 Å². The Labute approximate surface area is 119 Å². The fourth-order valence-electron chi connectivity index (χ4n) is 2.28. The predicted octanol–water partition coefficient (Wildman–Crippen LogP) is 3.06. The molecule has 3 rings (SSSR count). The van der Waals surface area contributed by atoms with E-state index in [2.05, 4.69) is 15.9 Å². The topological polar surface area (TPSA) is 44.8 Å². The van der Waals surface area contributed by atoms with Crippen molar-refractivity contribution in [2.24, 2.45) is 0 Å². The van der Waals surface area contributed by atoms with Crippen molar-refractivity contribution < 1.29 is 19.0 Å². The zero-order valence-electron chi connectivity index (χ0n) is 10.4. The third kappa shape index (κ3) is 2.28. The van der Waals surface area contributed by atoms with Gasteiger partial charge in [0.05, 0.1) is 23.8 Å². The molecule has 1 aromatic carbocycles. The van der Waals surface area contributed by atoms with E-state index in [1.807, 2.05) is 13.0 Å². The second kappa shape index (κ2) is 4.98. The minimum atomic E-state index is -0.344. The van der Waals surface area contributed by atoms with Gasteiger partial charge in [-0.25, -0.2) is 0 Å². The number of hydrogen-bond donors (Lipinski definition) is 0. The lowest BCUT2D eigenvalue weighted by molar-refractivity contribution is -0.127. The molecule has 0 aliphatic carbocycles. The zero-order valence-corrected chi connectivity index (χ0v) is 12.0. The van der Waals surface area contributed by atoms with Gasteiger partial charge in [0.1, 0.15) is 11.9 Å². The summed E-state index contributed by atoms with van der Waals surface area (Å²) in [6.45, 7) is 2.47. The Morgan fingerprint density at radius 3 is 3.11 bits per heavy atom. The maximum atomic E-state index is 12.4. The van der Waals surface area contributed by atoms with Crippen molar-refractivity contribution >= 4 is 21.7 Å². The van der Waals surface area contributed by atoms with E-state index in [1.54, 1.807) is 12.1 Å². The van der Waals surface area contributed by atoms with E-state index >= 15 is 0 Å². The van der Waals surface area contributed by atoms with E-state index in [1.165, 1.54) is 6.26 Å². The number of hydrogen-bond acceptors (Lipinski definition) is 4. The first kappa shape index (κ1) is 12.7. The second-order valence-corrected chi connectivity index (χ2v) is 5.32. The first-order valence-electron chi connectivity index (χ1n) is 6.17. The van der Waals surface area contributed by atoms with Crippen molar-refractivity contribution in [3.05, 3.63) is 40.1 Å². The van der Waals surface area contributed by atoms with Crippen LogP contribution in [0.25, 0.3) is 0 Å². The number of halogens is 1. The molecule has 2 aliphatic rings. The fraction of sp³-hybridized carbons (Fsp3) is 0.357. The Bertz CT molecular complexity index is 552. The zero-order chi connectivity index (χ0) is 13.4. The summed E-state index contributed by atoms with van der Waals surface area (Å²) in [5.74, 6) is 0.579. The lowest BCUT2D eigenvalue weighted by Gasteiger charge is -2.33. The number of Topliss-reactive ketones (excluding diaryl/α,β-unsaturated/α-hetero) is 1. The van der Waals surface area contributed by atoms with Gasteiger partial charge in [-0.3, -0.25) is 4.79 Å². The number of carbonyl (C=O) groups excluding carboxylic acids is 1. The minimum Gasteiger partial charge on any atom is -0.484 e. The monoisotopic (exact) mass is 324 g/mol. The molecule has 0 radical (unpaired) electrons. The van der Waals surface area contributed by atoms with Crippen molar-refractivity contribution in [1.29, 1.82) is 0 Å². The summed E-state index contributed by atoms with van der Waals surface area (Å²) >= 11 is 3.36. The molecule has 0 saturated carbocycles. The van der Waals surface area contributed by atoms with Crippen LogP contribution in [-0.4, -0.2) is 24.8 Å². The summed E-state index contributed by atoms with van der Waals surface area (Å²) in [6, 6.07) is 5.43. The van der Waals surface area contributed by atoms with Gasteiger partial charge in [0, 0.05) is 11.1 Å². The Morgan fingerprint density at radius 2 is 2.32 bits per heavy atom. The minimum absolute atomic E-state index is 0.0394. The van der Waals surface area contributed by atoms with Gasteiger partial charge >= 0.3 is 0 Å². The van der Waals surface area contributed by atoms with Crippen molar-refractivity contribution in [3.8, 4) is 5.75 Å². The van der Waals surface area contributed by atoms with Gasteiger partial charge in [-0.1, -0.05) is 15.9 Å². The highest BCUT2D eigenvalue weighted by atomic mass is 79.9. The molecule has 0 bridgehead atoms. The molecule has 2 aliphatic heterocycles. The van der Waals surface area contributed by atoms with E-state index in [9.17, 15) is 4.79 Å². The molecular formula is C14H13BrO4. The highest BCUT2D eigenvalue weighted by Crippen LogP contribution is 2.36. The number of rotatable bonds is 2. The Kier molecular flexibility index (Phi) is 3.33. The third-order valence-corrected chi connectivity index (χ3v) is 3.66. The quantitative estimate of drug-likeness (QED) is 0.838. The van der Waals surface area contributed by atoms with Gasteiger partial charge < -0.3 is 14.2 Å². The van der Waals surface area contributed by atoms with Gasteiger partial charge in [-0.2, -0.15) is 0 Å². The molecule has 0 amide bonds. The SMILES string of the molecule is CCO[C@H]1C[C@H]2Oc3ccc(Br)cc3C(=O)C2=CO1. The van der Waals surface area contributed by atoms with Crippen LogP contribution in [0.1, 0.15) is 23.7 Å². The smallest absolute Gasteiger partial charge is 0.202 e. The molecular weight excluding hydrogens is 312 g/mol. The molecule has 5 heteroatoms. The number of fused-ring (bicyclic) bond motifs is 2. The predicted molar refractivity (Wildman–Crippen MR) is 72.1 cm³/mol. The van der Waals surface area contributed by atoms with Crippen LogP contribution in [0, 0.1) is 0 Å². The van der Waals surface area contributed by atoms with Crippen LogP contribution in [0.3, 0.4) is 0 Å². The molecule has 0 unspecified atom stereocenters. The van der Waals surface area contributed by atoms with E-state index in [0.717, 1.165) is 4.47 Å². The van der Waals surface area contributed by atoms with Crippen LogP contribution in [0.15, 0.2) is 34.5 Å². The van der Waals surface area contributed by atoms with Crippen molar-refractivity contribution in [2.45, 2.75) is 25.7 Å². The van der Waals surface area contributed by atoms with Crippen LogP contribution < -0.4 is 4.74 Å². The summed E-state index contributed by atoms with van der Waals surface area (Å²) in [7, 11) is 0. The van der Waals surface area contributed by atoms with E-state index in [4.69, 9.17) is 14.2 Å². The average molecular weight is 325 g/mol. The number of benzene rings is 1. The van der Waals surface area contributed by atoms with Crippen LogP contribution >= 0.6 is 15.9 Å². The molecule has 19 heavy (non-hydrogen) atoms. The molecule has 0 saturated heterocycles. The van der Waals surface area contributed by atoms with E-state index in [0.29, 0.717) is 29.9 Å². The summed E-state index contributed by atoms with van der Waals surface area (Å²) in [5, 5.41) is 0. The number of ether oxygens (including phenoxy) is 3. The maximum Gasteiger partial charge on any atom is 0.202 e. The maximum absolute atomic E-state index is 12.4. The average Bonchev–Trinajstić information content (AvgIpc) is 2.40. The van der Waals surface area contributed by atoms with Crippen LogP contribution in [0.5, 0.6) is 5.75 Å². The van der Waals surface area contributed by atoms with E-state index in [-0.39, 0.29) is 18.2 Å². The Morgan fingerprint density at radius 1 is 1.47 bits per heavy atom. The molecule has 0 N–H and O–H groups in total. The summed E-state index contributed by atoms with van der Waals surface area (Å²) < 4.78 is 17.5. The van der Waals surface area contributed by atoms with Gasteiger partial charge in [0.15, 0.2) is 5.78 Å².